The number of hydrogen-bond acceptors (Lipinski definition) is 2. The lowest BCUT2D eigenvalue weighted by Crippen LogP contribution is -2.43. The highest BCUT2D eigenvalue weighted by molar-refractivity contribution is 14.0. The van der Waals surface area contributed by atoms with Crippen molar-refractivity contribution < 1.29 is 9.13 Å². The molecule has 1 aromatic carbocycles. The van der Waals surface area contributed by atoms with E-state index in [1.807, 2.05) is 6.07 Å². The van der Waals surface area contributed by atoms with Gasteiger partial charge in [-0.2, -0.15) is 0 Å². The zero-order valence-electron chi connectivity index (χ0n) is 14.9. The van der Waals surface area contributed by atoms with Gasteiger partial charge in [0.05, 0.1) is 0 Å². The molecule has 1 saturated carbocycles. The van der Waals surface area contributed by atoms with Crippen molar-refractivity contribution in [2.24, 2.45) is 10.4 Å². The highest BCUT2D eigenvalue weighted by Gasteiger charge is 2.33. The summed E-state index contributed by atoms with van der Waals surface area (Å²) in [4.78, 5) is 4.28. The van der Waals surface area contributed by atoms with E-state index >= 15 is 0 Å². The minimum absolute atomic E-state index is 0. The number of halogens is 3. The summed E-state index contributed by atoms with van der Waals surface area (Å²) in [6, 6.07) is 4.89. The molecule has 0 atom stereocenters. The summed E-state index contributed by atoms with van der Waals surface area (Å²) in [5.41, 5.74) is 1.18. The maximum Gasteiger partial charge on any atom is 0.191 e. The lowest BCUT2D eigenvalue weighted by Gasteiger charge is -2.30. The molecule has 1 aliphatic rings. The van der Waals surface area contributed by atoms with E-state index in [-0.39, 0.29) is 29.8 Å². The first-order valence-electron chi connectivity index (χ1n) is 8.45. The zero-order valence-corrected chi connectivity index (χ0v) is 18.8. The molecule has 2 rings (SSSR count). The van der Waals surface area contributed by atoms with Gasteiger partial charge in [0.1, 0.15) is 5.82 Å². The van der Waals surface area contributed by atoms with Gasteiger partial charge in [-0.25, -0.2) is 4.39 Å². The molecule has 0 aliphatic heterocycles. The first-order chi connectivity index (χ1) is 11.6. The van der Waals surface area contributed by atoms with Gasteiger partial charge in [-0.05, 0) is 48.4 Å². The summed E-state index contributed by atoms with van der Waals surface area (Å²) in [7, 11) is 3.51. The standard InChI is InChI=1S/C18H27BrFN3O.HI/c1-21-17(22-12-14-9-15(19)11-16(20)10-14)23-13-18(7-8-24-2)5-3-4-6-18;/h9-11H,3-8,12-13H2,1-2H3,(H2,21,22,23);1H. The van der Waals surface area contributed by atoms with Gasteiger partial charge in [0.25, 0.3) is 0 Å². The van der Waals surface area contributed by atoms with Crippen LogP contribution in [-0.4, -0.2) is 33.3 Å². The number of ether oxygens (including phenoxy) is 1. The average Bonchev–Trinajstić information content (AvgIpc) is 3.01. The molecule has 1 aromatic rings. The van der Waals surface area contributed by atoms with Crippen LogP contribution in [-0.2, 0) is 11.3 Å². The van der Waals surface area contributed by atoms with Gasteiger partial charge in [0.15, 0.2) is 5.96 Å². The second-order valence-electron chi connectivity index (χ2n) is 6.51. The third-order valence-electron chi connectivity index (χ3n) is 4.74. The third kappa shape index (κ3) is 7.38. The summed E-state index contributed by atoms with van der Waals surface area (Å²) in [6.07, 6.45) is 6.11. The largest absolute Gasteiger partial charge is 0.385 e. The molecule has 0 aromatic heterocycles. The number of guanidine groups is 1. The molecular weight excluding hydrogens is 500 g/mol. The Morgan fingerprint density at radius 3 is 2.60 bits per heavy atom. The molecule has 7 heteroatoms. The van der Waals surface area contributed by atoms with Gasteiger partial charge in [0, 0.05) is 38.3 Å². The maximum atomic E-state index is 13.4. The van der Waals surface area contributed by atoms with E-state index in [2.05, 4.69) is 31.6 Å². The van der Waals surface area contributed by atoms with E-state index in [1.54, 1.807) is 14.2 Å². The van der Waals surface area contributed by atoms with Crippen LogP contribution in [0, 0.1) is 11.2 Å². The van der Waals surface area contributed by atoms with Crippen LogP contribution < -0.4 is 10.6 Å². The molecule has 142 valence electrons. The van der Waals surface area contributed by atoms with Crippen molar-refractivity contribution in [3.05, 3.63) is 34.1 Å². The Labute approximate surface area is 175 Å². The highest BCUT2D eigenvalue weighted by Crippen LogP contribution is 2.40. The number of hydrogen-bond donors (Lipinski definition) is 2. The average molecular weight is 528 g/mol. The molecule has 4 nitrogen and oxygen atoms in total. The summed E-state index contributed by atoms with van der Waals surface area (Å²) in [6.45, 7) is 2.22. The van der Waals surface area contributed by atoms with Crippen LogP contribution in [0.25, 0.3) is 0 Å². The fraction of sp³-hybridized carbons (Fsp3) is 0.611. The summed E-state index contributed by atoms with van der Waals surface area (Å²) < 4.78 is 19.5. The van der Waals surface area contributed by atoms with E-state index in [1.165, 1.54) is 37.8 Å². The molecule has 0 unspecified atom stereocenters. The number of methoxy groups -OCH3 is 1. The third-order valence-corrected chi connectivity index (χ3v) is 5.20. The number of nitrogens with zero attached hydrogens (tertiary/aromatic N) is 1. The van der Waals surface area contributed by atoms with Crippen LogP contribution in [0.2, 0.25) is 0 Å². The molecule has 1 fully saturated rings. The second kappa shape index (κ2) is 11.3. The summed E-state index contributed by atoms with van der Waals surface area (Å²) in [5, 5.41) is 6.70. The monoisotopic (exact) mass is 527 g/mol. The van der Waals surface area contributed by atoms with Gasteiger partial charge >= 0.3 is 0 Å². The van der Waals surface area contributed by atoms with Gasteiger partial charge in [-0.1, -0.05) is 28.8 Å². The molecule has 0 saturated heterocycles. The van der Waals surface area contributed by atoms with Crippen LogP contribution in [0.3, 0.4) is 0 Å². The van der Waals surface area contributed by atoms with E-state index in [4.69, 9.17) is 4.74 Å². The minimum Gasteiger partial charge on any atom is -0.385 e. The molecule has 25 heavy (non-hydrogen) atoms. The van der Waals surface area contributed by atoms with E-state index in [0.717, 1.165) is 35.6 Å². The van der Waals surface area contributed by atoms with Crippen molar-refractivity contribution in [3.63, 3.8) is 0 Å². The Hall–Kier alpha value is -0.410. The van der Waals surface area contributed by atoms with Gasteiger partial charge in [-0.15, -0.1) is 24.0 Å². The predicted octanol–water partition coefficient (Wildman–Crippen LogP) is 4.47. The van der Waals surface area contributed by atoms with Crippen LogP contribution in [0.4, 0.5) is 4.39 Å². The zero-order chi connectivity index (χ0) is 17.4. The number of rotatable bonds is 7. The molecule has 0 bridgehead atoms. The van der Waals surface area contributed by atoms with Gasteiger partial charge in [0.2, 0.25) is 0 Å². The van der Waals surface area contributed by atoms with Crippen molar-refractivity contribution in [1.82, 2.24) is 10.6 Å². The molecular formula is C18H28BrFIN3O. The number of aliphatic imine (C=N–C) groups is 1. The summed E-state index contributed by atoms with van der Waals surface area (Å²) in [5.74, 6) is 0.507. The topological polar surface area (TPSA) is 45.7 Å². The molecule has 0 amide bonds. The van der Waals surface area contributed by atoms with Crippen LogP contribution in [0.15, 0.2) is 27.7 Å². The SMILES string of the molecule is CN=C(NCc1cc(F)cc(Br)c1)NCC1(CCOC)CCCC1.I. The molecule has 1 aliphatic carbocycles. The predicted molar refractivity (Wildman–Crippen MR) is 115 cm³/mol. The van der Waals surface area contributed by atoms with E-state index < -0.39 is 0 Å². The Balaban J connectivity index is 0.00000312. The number of nitrogens with one attached hydrogen (secondary N) is 2. The van der Waals surface area contributed by atoms with E-state index in [0.29, 0.717) is 12.0 Å². The Morgan fingerprint density at radius 1 is 1.28 bits per heavy atom. The van der Waals surface area contributed by atoms with Crippen molar-refractivity contribution in [1.29, 1.82) is 0 Å². The van der Waals surface area contributed by atoms with Crippen LogP contribution in [0.1, 0.15) is 37.7 Å². The Kier molecular flexibility index (Phi) is 10.3. The normalized spacial score (nSPS) is 16.4. The van der Waals surface area contributed by atoms with Crippen molar-refractivity contribution in [3.8, 4) is 0 Å². The fourth-order valence-corrected chi connectivity index (χ4v) is 3.86. The lowest BCUT2D eigenvalue weighted by molar-refractivity contribution is 0.138. The van der Waals surface area contributed by atoms with Crippen LogP contribution in [0.5, 0.6) is 0 Å². The Morgan fingerprint density at radius 2 is 2.00 bits per heavy atom. The van der Waals surface area contributed by atoms with Crippen LogP contribution >= 0.6 is 39.9 Å². The van der Waals surface area contributed by atoms with Crippen molar-refractivity contribution in [2.75, 3.05) is 27.3 Å². The summed E-state index contributed by atoms with van der Waals surface area (Å²) >= 11 is 3.32. The maximum absolute atomic E-state index is 13.4. The molecule has 2 N–H and O–H groups in total. The first kappa shape index (κ1) is 22.6. The quantitative estimate of drug-likeness (QED) is 0.312. The second-order valence-corrected chi connectivity index (χ2v) is 7.42. The van der Waals surface area contributed by atoms with E-state index in [9.17, 15) is 4.39 Å². The molecule has 0 heterocycles. The molecule has 0 radical (unpaired) electrons. The highest BCUT2D eigenvalue weighted by atomic mass is 127. The van der Waals surface area contributed by atoms with Gasteiger partial charge < -0.3 is 15.4 Å². The van der Waals surface area contributed by atoms with Crippen molar-refractivity contribution in [2.45, 2.75) is 38.6 Å². The van der Waals surface area contributed by atoms with Gasteiger partial charge in [-0.3, -0.25) is 4.99 Å². The Bertz CT molecular complexity index is 545. The first-order valence-corrected chi connectivity index (χ1v) is 9.25. The lowest BCUT2D eigenvalue weighted by atomic mass is 9.83. The number of benzene rings is 1. The minimum atomic E-state index is -0.242. The molecule has 0 spiro atoms. The fourth-order valence-electron chi connectivity index (χ4n) is 3.35. The van der Waals surface area contributed by atoms with Crippen molar-refractivity contribution >= 4 is 45.9 Å². The smallest absolute Gasteiger partial charge is 0.191 e.